The van der Waals surface area contributed by atoms with Gasteiger partial charge in [0, 0.05) is 17.4 Å². The van der Waals surface area contributed by atoms with Crippen molar-refractivity contribution in [3.05, 3.63) is 29.5 Å². The van der Waals surface area contributed by atoms with E-state index in [9.17, 15) is 27.6 Å². The van der Waals surface area contributed by atoms with Crippen LogP contribution in [0.1, 0.15) is 116 Å². The first-order chi connectivity index (χ1) is 25.9. The van der Waals surface area contributed by atoms with Gasteiger partial charge in [0.05, 0.1) is 29.6 Å². The maximum Gasteiger partial charge on any atom is 0.408 e. The molecule has 4 heterocycles. The molecule has 1 aromatic carbocycles. The fraction of sp³-hybridized carbons (Fsp3) is 0.675. The number of carbonyl (C=O) groups excluding carboxylic acids is 4. The van der Waals surface area contributed by atoms with Gasteiger partial charge >= 0.3 is 6.09 Å². The zero-order valence-corrected chi connectivity index (χ0v) is 33.7. The molecule has 3 N–H and O–H groups in total. The third-order valence-corrected chi connectivity index (χ3v) is 14.4. The number of carbonyl (C=O) groups is 4. The highest BCUT2D eigenvalue weighted by Gasteiger charge is 2.64. The third kappa shape index (κ3) is 7.69. The Kier molecular flexibility index (Phi) is 10.0. The zero-order valence-electron chi connectivity index (χ0n) is 32.8. The molecule has 0 bridgehead atoms. The van der Waals surface area contributed by atoms with Gasteiger partial charge in [-0.2, -0.15) is 0 Å². The highest BCUT2D eigenvalue weighted by Crippen LogP contribution is 2.50. The molecule has 0 radical (unpaired) electrons. The van der Waals surface area contributed by atoms with Gasteiger partial charge < -0.3 is 29.7 Å². The van der Waals surface area contributed by atoms with Crippen molar-refractivity contribution in [2.24, 2.45) is 5.92 Å². The van der Waals surface area contributed by atoms with E-state index in [-0.39, 0.29) is 18.9 Å². The van der Waals surface area contributed by atoms with Gasteiger partial charge in [-0.15, -0.1) is 0 Å². The second-order valence-corrected chi connectivity index (χ2v) is 19.8. The largest absolute Gasteiger partial charge is 0.497 e. The first-order valence-electron chi connectivity index (χ1n) is 19.7. The summed E-state index contributed by atoms with van der Waals surface area (Å²) < 4.78 is 45.7. The average molecular weight is 782 g/mol. The Morgan fingerprint density at radius 1 is 1.04 bits per heavy atom. The summed E-state index contributed by atoms with van der Waals surface area (Å²) in [4.78, 5) is 62.8. The van der Waals surface area contributed by atoms with E-state index in [0.717, 1.165) is 42.1 Å². The Labute approximate surface area is 323 Å². The van der Waals surface area contributed by atoms with Gasteiger partial charge in [0.2, 0.25) is 21.8 Å². The van der Waals surface area contributed by atoms with E-state index < -0.39 is 67.4 Å². The van der Waals surface area contributed by atoms with Crippen molar-refractivity contribution in [2.45, 2.75) is 152 Å². The van der Waals surface area contributed by atoms with Gasteiger partial charge in [0.25, 0.3) is 5.91 Å². The molecule has 1 spiro atoms. The van der Waals surface area contributed by atoms with E-state index in [1.807, 2.05) is 25.1 Å². The van der Waals surface area contributed by atoms with Crippen molar-refractivity contribution in [1.29, 1.82) is 0 Å². The van der Waals surface area contributed by atoms with Crippen LogP contribution in [0.4, 0.5) is 4.79 Å². The maximum atomic E-state index is 14.7. The van der Waals surface area contributed by atoms with Crippen LogP contribution in [0.2, 0.25) is 0 Å². The molecule has 55 heavy (non-hydrogen) atoms. The number of methoxy groups -OCH3 is 1. The van der Waals surface area contributed by atoms with Gasteiger partial charge in [-0.3, -0.25) is 19.1 Å². The van der Waals surface area contributed by atoms with Crippen LogP contribution in [-0.2, 0) is 35.6 Å². The standard InChI is InChI=1S/C40H55N5O9S/c1-24-32-27(28-20-26(52-6)14-15-29(28)41-24)16-17-39(53-32)22-31-33(46)43-40(35(48)44-55(50,51)38(5)18-19-38)21-25(40)12-10-8-7-9-11-13-30(34(47)45(31)23-39)42-36(49)54-37(2,3)4/h14-15,20,25,30-31H,7-13,16-19,21-23H2,1-6H3,(H,42,49)(H,43,46)(H,44,48)/t25-,30-,31-,39+,40+/m0/s1. The molecule has 4 fully saturated rings. The lowest BCUT2D eigenvalue weighted by atomic mass is 9.87. The number of rotatable bonds is 5. The molecule has 4 amide bonds. The normalized spacial score (nSPS) is 29.3. The van der Waals surface area contributed by atoms with Crippen molar-refractivity contribution in [2.75, 3.05) is 13.7 Å². The Morgan fingerprint density at radius 2 is 1.75 bits per heavy atom. The smallest absolute Gasteiger partial charge is 0.408 e. The second-order valence-electron chi connectivity index (χ2n) is 17.6. The predicted octanol–water partition coefficient (Wildman–Crippen LogP) is 4.73. The van der Waals surface area contributed by atoms with Crippen LogP contribution in [0, 0.1) is 12.8 Å². The molecule has 300 valence electrons. The van der Waals surface area contributed by atoms with Gasteiger partial charge in [0.1, 0.15) is 40.3 Å². The number of hydrogen-bond donors (Lipinski definition) is 3. The van der Waals surface area contributed by atoms with E-state index in [1.165, 1.54) is 4.90 Å². The Bertz CT molecular complexity index is 2010. The monoisotopic (exact) mass is 781 g/mol. The molecule has 5 aliphatic rings. The summed E-state index contributed by atoms with van der Waals surface area (Å²) in [6.45, 7) is 8.79. The molecule has 1 aromatic heterocycles. The average Bonchev–Trinajstić information content (AvgIpc) is 4.01. The number of pyridine rings is 1. The van der Waals surface area contributed by atoms with Gasteiger partial charge in [-0.1, -0.05) is 32.1 Å². The predicted molar refractivity (Wildman–Crippen MR) is 204 cm³/mol. The number of aryl methyl sites for hydroxylation is 2. The number of ether oxygens (including phenoxy) is 3. The SMILES string of the molecule is COc1ccc2nc(C)c3c(c2c1)CC[C@]1(C[C@H]2C(=O)N[C@]4(C(=O)NS(=O)(=O)C5(C)CC5)C[C@@H]4CCCCCCC[C@H](NC(=O)OC(C)(C)C)C(=O)N2C1)O3. The van der Waals surface area contributed by atoms with Gasteiger partial charge in [0.15, 0.2) is 0 Å². The summed E-state index contributed by atoms with van der Waals surface area (Å²) in [5.74, 6) is -0.694. The molecule has 2 aromatic rings. The Balaban J connectivity index is 1.23. The lowest BCUT2D eigenvalue weighted by Gasteiger charge is -2.36. The quantitative estimate of drug-likeness (QED) is 0.384. The Hall–Kier alpha value is -4.14. The summed E-state index contributed by atoms with van der Waals surface area (Å²) in [5.41, 5.74) is -0.740. The first-order valence-corrected chi connectivity index (χ1v) is 21.2. The fourth-order valence-corrected chi connectivity index (χ4v) is 9.97. The minimum atomic E-state index is -3.96. The first kappa shape index (κ1) is 39.1. The number of nitrogens with zero attached hydrogens (tertiary/aromatic N) is 2. The van der Waals surface area contributed by atoms with Crippen LogP contribution < -0.4 is 24.8 Å². The third-order valence-electron chi connectivity index (χ3n) is 12.3. The summed E-state index contributed by atoms with van der Waals surface area (Å²) in [6.07, 6.45) is 6.74. The number of fused-ring (bicyclic) bond motifs is 5. The number of hydrogen-bond acceptors (Lipinski definition) is 10. The number of benzene rings is 1. The van der Waals surface area contributed by atoms with Crippen molar-refractivity contribution in [3.8, 4) is 11.5 Å². The molecular formula is C40H55N5O9S. The van der Waals surface area contributed by atoms with E-state index in [1.54, 1.807) is 34.8 Å². The number of sulfonamides is 1. The Morgan fingerprint density at radius 3 is 2.44 bits per heavy atom. The minimum absolute atomic E-state index is 0.0564. The summed E-state index contributed by atoms with van der Waals surface area (Å²) in [6, 6.07) is 3.66. The van der Waals surface area contributed by atoms with Crippen LogP contribution in [0.15, 0.2) is 18.2 Å². The lowest BCUT2D eigenvalue weighted by Crippen LogP contribution is -2.58. The molecule has 14 nitrogen and oxygen atoms in total. The van der Waals surface area contributed by atoms with Gasteiger partial charge in [-0.25, -0.2) is 18.2 Å². The molecular weight excluding hydrogens is 727 g/mol. The fourth-order valence-electron chi connectivity index (χ4n) is 8.65. The van der Waals surface area contributed by atoms with Crippen molar-refractivity contribution in [3.63, 3.8) is 0 Å². The minimum Gasteiger partial charge on any atom is -0.497 e. The topological polar surface area (TPSA) is 182 Å². The summed E-state index contributed by atoms with van der Waals surface area (Å²) >= 11 is 0. The van der Waals surface area contributed by atoms with Crippen LogP contribution in [-0.4, -0.2) is 89.3 Å². The molecule has 5 atom stereocenters. The molecule has 15 heteroatoms. The van der Waals surface area contributed by atoms with Crippen LogP contribution in [0.25, 0.3) is 10.9 Å². The van der Waals surface area contributed by atoms with E-state index in [2.05, 4.69) is 15.4 Å². The van der Waals surface area contributed by atoms with E-state index in [4.69, 9.17) is 19.2 Å². The number of amides is 4. The maximum absolute atomic E-state index is 14.7. The number of alkyl carbamates (subject to hydrolysis) is 1. The van der Waals surface area contributed by atoms with Crippen LogP contribution >= 0.6 is 0 Å². The highest BCUT2D eigenvalue weighted by atomic mass is 32.2. The molecule has 2 aliphatic carbocycles. The molecule has 7 rings (SSSR count). The molecule has 2 saturated carbocycles. The van der Waals surface area contributed by atoms with Crippen LogP contribution in [0.3, 0.4) is 0 Å². The lowest BCUT2D eigenvalue weighted by molar-refractivity contribution is -0.141. The molecule has 2 saturated heterocycles. The van der Waals surface area contributed by atoms with E-state index in [0.29, 0.717) is 68.6 Å². The zero-order chi connectivity index (χ0) is 39.6. The van der Waals surface area contributed by atoms with Crippen molar-refractivity contribution >= 4 is 44.7 Å². The molecule has 3 aliphatic heterocycles. The van der Waals surface area contributed by atoms with Crippen LogP contribution in [0.5, 0.6) is 11.5 Å². The number of nitrogens with one attached hydrogen (secondary N) is 3. The second kappa shape index (κ2) is 14.1. The van der Waals surface area contributed by atoms with E-state index >= 15 is 0 Å². The summed E-state index contributed by atoms with van der Waals surface area (Å²) in [5, 5.41) is 6.70. The highest BCUT2D eigenvalue weighted by molar-refractivity contribution is 7.91. The molecule has 0 unspecified atom stereocenters. The van der Waals surface area contributed by atoms with Crippen molar-refractivity contribution in [1.82, 2.24) is 25.2 Å². The van der Waals surface area contributed by atoms with Gasteiger partial charge in [-0.05, 0) is 104 Å². The van der Waals surface area contributed by atoms with Crippen molar-refractivity contribution < 1.29 is 41.8 Å². The number of aromatic nitrogens is 1. The summed E-state index contributed by atoms with van der Waals surface area (Å²) in [7, 11) is -2.36.